The Balaban J connectivity index is 1.41. The molecule has 1 aliphatic rings. The molecule has 30 heavy (non-hydrogen) atoms. The summed E-state index contributed by atoms with van der Waals surface area (Å²) in [7, 11) is 0. The molecule has 0 radical (unpaired) electrons. The van der Waals surface area contributed by atoms with Crippen molar-refractivity contribution in [3.63, 3.8) is 0 Å². The molecular formula is C24H24N6. The predicted octanol–water partition coefficient (Wildman–Crippen LogP) is 3.65. The Bertz CT molecular complexity index is 1150. The van der Waals surface area contributed by atoms with E-state index in [9.17, 15) is 0 Å². The lowest BCUT2D eigenvalue weighted by molar-refractivity contribution is 0.639. The summed E-state index contributed by atoms with van der Waals surface area (Å²) in [5.74, 6) is 2.01. The molecule has 6 heteroatoms. The van der Waals surface area contributed by atoms with Gasteiger partial charge in [0.2, 0.25) is 0 Å². The maximum atomic E-state index is 4.67. The van der Waals surface area contributed by atoms with E-state index in [1.165, 1.54) is 16.3 Å². The molecule has 0 aliphatic carbocycles. The van der Waals surface area contributed by atoms with E-state index in [4.69, 9.17) is 0 Å². The number of piperazine rings is 1. The van der Waals surface area contributed by atoms with Crippen LogP contribution in [0.2, 0.25) is 0 Å². The van der Waals surface area contributed by atoms with E-state index < -0.39 is 0 Å². The third-order valence-corrected chi connectivity index (χ3v) is 5.63. The SMILES string of the molecule is Cc1cc(Cc2nnc(N3CCN(c4ccccn4)CC3)c3ccccc23)ccn1. The van der Waals surface area contributed by atoms with E-state index in [0.29, 0.717) is 0 Å². The van der Waals surface area contributed by atoms with Gasteiger partial charge in [0.1, 0.15) is 5.82 Å². The summed E-state index contributed by atoms with van der Waals surface area (Å²) in [5.41, 5.74) is 3.23. The van der Waals surface area contributed by atoms with Crippen LogP contribution in [0, 0.1) is 6.92 Å². The zero-order valence-electron chi connectivity index (χ0n) is 17.1. The summed E-state index contributed by atoms with van der Waals surface area (Å²) in [4.78, 5) is 13.4. The summed E-state index contributed by atoms with van der Waals surface area (Å²) < 4.78 is 0. The maximum Gasteiger partial charge on any atom is 0.159 e. The molecule has 4 heterocycles. The molecule has 6 nitrogen and oxygen atoms in total. The summed E-state index contributed by atoms with van der Waals surface area (Å²) >= 11 is 0. The van der Waals surface area contributed by atoms with E-state index in [2.05, 4.69) is 66.4 Å². The number of benzene rings is 1. The van der Waals surface area contributed by atoms with Crippen LogP contribution in [0.1, 0.15) is 17.0 Å². The average Bonchev–Trinajstić information content (AvgIpc) is 2.80. The van der Waals surface area contributed by atoms with E-state index in [1.807, 2.05) is 37.5 Å². The van der Waals surface area contributed by atoms with Crippen molar-refractivity contribution in [2.45, 2.75) is 13.3 Å². The van der Waals surface area contributed by atoms with Crippen LogP contribution in [0.15, 0.2) is 67.0 Å². The molecule has 0 bridgehead atoms. The second-order valence-electron chi connectivity index (χ2n) is 7.66. The smallest absolute Gasteiger partial charge is 0.159 e. The highest BCUT2D eigenvalue weighted by Crippen LogP contribution is 2.28. The van der Waals surface area contributed by atoms with Gasteiger partial charge in [0, 0.05) is 61.5 Å². The van der Waals surface area contributed by atoms with Crippen LogP contribution in [-0.4, -0.2) is 46.3 Å². The molecule has 5 rings (SSSR count). The van der Waals surface area contributed by atoms with E-state index in [0.717, 1.165) is 55.6 Å². The van der Waals surface area contributed by atoms with Crippen molar-refractivity contribution in [3.05, 3.63) is 83.9 Å². The van der Waals surface area contributed by atoms with Gasteiger partial charge in [0.25, 0.3) is 0 Å². The second kappa shape index (κ2) is 8.06. The highest BCUT2D eigenvalue weighted by atomic mass is 15.3. The quantitative estimate of drug-likeness (QED) is 0.525. The molecule has 150 valence electrons. The van der Waals surface area contributed by atoms with E-state index in [-0.39, 0.29) is 0 Å². The summed E-state index contributed by atoms with van der Waals surface area (Å²) in [6.07, 6.45) is 4.46. The molecule has 1 aromatic carbocycles. The van der Waals surface area contributed by atoms with Gasteiger partial charge in [0.15, 0.2) is 5.82 Å². The molecule has 0 atom stereocenters. The zero-order valence-corrected chi connectivity index (χ0v) is 17.1. The number of pyridine rings is 2. The minimum absolute atomic E-state index is 0.755. The first-order valence-corrected chi connectivity index (χ1v) is 10.3. The molecular weight excluding hydrogens is 372 g/mol. The first-order chi connectivity index (χ1) is 14.8. The van der Waals surface area contributed by atoms with Crippen molar-refractivity contribution in [2.75, 3.05) is 36.0 Å². The van der Waals surface area contributed by atoms with Gasteiger partial charge < -0.3 is 9.80 Å². The van der Waals surface area contributed by atoms with Gasteiger partial charge in [-0.05, 0) is 36.8 Å². The molecule has 0 saturated carbocycles. The van der Waals surface area contributed by atoms with E-state index in [1.54, 1.807) is 0 Å². The van der Waals surface area contributed by atoms with E-state index >= 15 is 0 Å². The van der Waals surface area contributed by atoms with Crippen molar-refractivity contribution in [1.29, 1.82) is 0 Å². The summed E-state index contributed by atoms with van der Waals surface area (Å²) in [5, 5.41) is 11.7. The van der Waals surface area contributed by atoms with Gasteiger partial charge in [-0.3, -0.25) is 4.98 Å². The minimum Gasteiger partial charge on any atom is -0.353 e. The van der Waals surface area contributed by atoms with Gasteiger partial charge in [-0.2, -0.15) is 5.10 Å². The number of nitrogens with zero attached hydrogens (tertiary/aromatic N) is 6. The van der Waals surface area contributed by atoms with Gasteiger partial charge in [-0.15, -0.1) is 5.10 Å². The van der Waals surface area contributed by atoms with Crippen molar-refractivity contribution in [2.24, 2.45) is 0 Å². The normalized spacial score (nSPS) is 14.3. The molecule has 1 saturated heterocycles. The van der Waals surface area contributed by atoms with Crippen LogP contribution in [0.4, 0.5) is 11.6 Å². The van der Waals surface area contributed by atoms with Gasteiger partial charge in [0.05, 0.1) is 5.69 Å². The van der Waals surface area contributed by atoms with Crippen LogP contribution in [-0.2, 0) is 6.42 Å². The van der Waals surface area contributed by atoms with Crippen molar-refractivity contribution >= 4 is 22.4 Å². The fourth-order valence-electron chi connectivity index (χ4n) is 4.11. The Labute approximate surface area is 176 Å². The number of hydrogen-bond donors (Lipinski definition) is 0. The number of aromatic nitrogens is 4. The van der Waals surface area contributed by atoms with Crippen LogP contribution in [0.25, 0.3) is 10.8 Å². The Kier molecular flexibility index (Phi) is 4.97. The minimum atomic E-state index is 0.755. The molecule has 4 aromatic rings. The lowest BCUT2D eigenvalue weighted by atomic mass is 10.0. The van der Waals surface area contributed by atoms with Crippen LogP contribution in [0.3, 0.4) is 0 Å². The monoisotopic (exact) mass is 396 g/mol. The number of aryl methyl sites for hydroxylation is 1. The Morgan fingerprint density at radius 1 is 0.767 bits per heavy atom. The Hall–Kier alpha value is -3.54. The molecule has 0 unspecified atom stereocenters. The maximum absolute atomic E-state index is 4.67. The van der Waals surface area contributed by atoms with Gasteiger partial charge in [-0.25, -0.2) is 4.98 Å². The third-order valence-electron chi connectivity index (χ3n) is 5.63. The third kappa shape index (κ3) is 3.68. The fourth-order valence-corrected chi connectivity index (χ4v) is 4.11. The molecule has 0 spiro atoms. The first-order valence-electron chi connectivity index (χ1n) is 10.3. The van der Waals surface area contributed by atoms with Crippen molar-refractivity contribution in [3.8, 4) is 0 Å². The summed E-state index contributed by atoms with van der Waals surface area (Å²) in [6, 6.07) is 18.7. The Morgan fingerprint density at radius 2 is 1.53 bits per heavy atom. The Morgan fingerprint density at radius 3 is 2.30 bits per heavy atom. The van der Waals surface area contributed by atoms with Gasteiger partial charge >= 0.3 is 0 Å². The lowest BCUT2D eigenvalue weighted by Gasteiger charge is -2.36. The highest BCUT2D eigenvalue weighted by molar-refractivity contribution is 5.93. The van der Waals surface area contributed by atoms with Crippen LogP contribution >= 0.6 is 0 Å². The van der Waals surface area contributed by atoms with Crippen LogP contribution < -0.4 is 9.80 Å². The number of anilines is 2. The molecule has 0 amide bonds. The molecule has 0 N–H and O–H groups in total. The van der Waals surface area contributed by atoms with Crippen molar-refractivity contribution < 1.29 is 0 Å². The zero-order chi connectivity index (χ0) is 20.3. The fraction of sp³-hybridized carbons (Fsp3) is 0.250. The topological polar surface area (TPSA) is 58.0 Å². The molecule has 3 aromatic heterocycles. The molecule has 1 aliphatic heterocycles. The number of hydrogen-bond acceptors (Lipinski definition) is 6. The van der Waals surface area contributed by atoms with Crippen molar-refractivity contribution in [1.82, 2.24) is 20.2 Å². The predicted molar refractivity (Wildman–Crippen MR) is 120 cm³/mol. The lowest BCUT2D eigenvalue weighted by Crippen LogP contribution is -2.47. The first kappa shape index (κ1) is 18.5. The largest absolute Gasteiger partial charge is 0.353 e. The number of fused-ring (bicyclic) bond motifs is 1. The standard InChI is InChI=1S/C24H24N6/c1-18-16-19(9-11-25-18)17-22-20-6-2-3-7-21(20)24(28-27-22)30-14-12-29(13-15-30)23-8-4-5-10-26-23/h2-11,16H,12-15,17H2,1H3. The summed E-state index contributed by atoms with van der Waals surface area (Å²) in [6.45, 7) is 5.66. The van der Waals surface area contributed by atoms with Gasteiger partial charge in [-0.1, -0.05) is 30.3 Å². The average molecular weight is 396 g/mol. The van der Waals surface area contributed by atoms with Crippen LogP contribution in [0.5, 0.6) is 0 Å². The highest BCUT2D eigenvalue weighted by Gasteiger charge is 2.21. The molecule has 1 fully saturated rings. The second-order valence-corrected chi connectivity index (χ2v) is 7.66. The number of rotatable bonds is 4.